The van der Waals surface area contributed by atoms with Crippen LogP contribution in [0.1, 0.15) is 12.0 Å². The predicted octanol–water partition coefficient (Wildman–Crippen LogP) is 2.30. The maximum absolute atomic E-state index is 11.2. The smallest absolute Gasteiger partial charge is 0.306 e. The summed E-state index contributed by atoms with van der Waals surface area (Å²) in [6.45, 7) is 1.61. The highest BCUT2D eigenvalue weighted by molar-refractivity contribution is 9.10. The van der Waals surface area contributed by atoms with Gasteiger partial charge in [0.05, 0.1) is 5.92 Å². The van der Waals surface area contributed by atoms with Gasteiger partial charge in [-0.25, -0.2) is 0 Å². The van der Waals surface area contributed by atoms with Crippen LogP contribution in [0.4, 0.5) is 0 Å². The average molecular weight is 298 g/mol. The number of hydrogen-bond donors (Lipinski definition) is 2. The van der Waals surface area contributed by atoms with Crippen LogP contribution in [0.2, 0.25) is 0 Å². The Bertz CT molecular complexity index is 408. The number of rotatable bonds is 3. The summed E-state index contributed by atoms with van der Waals surface area (Å²) in [6, 6.07) is 8.09. The number of hydrogen-bond acceptors (Lipinski definition) is 2. The van der Waals surface area contributed by atoms with Crippen LogP contribution in [0.3, 0.4) is 0 Å². The molecule has 0 aromatic heterocycles. The predicted molar refractivity (Wildman–Crippen MR) is 69.9 cm³/mol. The summed E-state index contributed by atoms with van der Waals surface area (Å²) >= 11 is 3.44. The number of carboxylic acids is 1. The summed E-state index contributed by atoms with van der Waals surface area (Å²) in [4.78, 5) is 11.2. The van der Waals surface area contributed by atoms with Gasteiger partial charge in [-0.1, -0.05) is 28.1 Å². The van der Waals surface area contributed by atoms with E-state index in [0.717, 1.165) is 30.4 Å². The van der Waals surface area contributed by atoms with E-state index in [0.29, 0.717) is 0 Å². The van der Waals surface area contributed by atoms with Crippen molar-refractivity contribution in [1.82, 2.24) is 5.32 Å². The molecule has 92 valence electrons. The lowest BCUT2D eigenvalue weighted by atomic mass is 9.82. The molecule has 1 fully saturated rings. The average Bonchev–Trinajstić information content (AvgIpc) is 2.29. The molecular formula is C13H16BrNO2. The fourth-order valence-corrected chi connectivity index (χ4v) is 2.88. The first kappa shape index (κ1) is 12.6. The van der Waals surface area contributed by atoms with Crippen molar-refractivity contribution in [3.63, 3.8) is 0 Å². The number of carbonyl (C=O) groups is 1. The zero-order chi connectivity index (χ0) is 12.3. The second-order valence-corrected chi connectivity index (χ2v) is 5.45. The fraction of sp³-hybridized carbons (Fsp3) is 0.462. The molecule has 1 aliphatic heterocycles. The minimum Gasteiger partial charge on any atom is -0.481 e. The van der Waals surface area contributed by atoms with Gasteiger partial charge in [0.2, 0.25) is 0 Å². The van der Waals surface area contributed by atoms with E-state index >= 15 is 0 Å². The molecule has 0 amide bonds. The van der Waals surface area contributed by atoms with Crippen molar-refractivity contribution < 1.29 is 9.90 Å². The highest BCUT2D eigenvalue weighted by atomic mass is 79.9. The quantitative estimate of drug-likeness (QED) is 0.900. The number of benzene rings is 1. The first-order chi connectivity index (χ1) is 8.16. The zero-order valence-corrected chi connectivity index (χ0v) is 11.1. The first-order valence-electron chi connectivity index (χ1n) is 5.85. The van der Waals surface area contributed by atoms with E-state index in [-0.39, 0.29) is 11.8 Å². The molecule has 0 radical (unpaired) electrons. The second kappa shape index (κ2) is 5.65. The Hall–Kier alpha value is -0.870. The number of halogens is 1. The van der Waals surface area contributed by atoms with E-state index < -0.39 is 5.97 Å². The van der Waals surface area contributed by atoms with Crippen LogP contribution in [0.5, 0.6) is 0 Å². The van der Waals surface area contributed by atoms with Crippen LogP contribution in [0, 0.1) is 11.8 Å². The minimum atomic E-state index is -0.661. The third kappa shape index (κ3) is 3.30. The molecule has 2 rings (SSSR count). The molecule has 0 saturated carbocycles. The summed E-state index contributed by atoms with van der Waals surface area (Å²) in [5.74, 6) is -0.683. The Morgan fingerprint density at radius 2 is 2.35 bits per heavy atom. The van der Waals surface area contributed by atoms with Crippen LogP contribution in [-0.2, 0) is 11.2 Å². The van der Waals surface area contributed by atoms with E-state index in [1.165, 1.54) is 5.56 Å². The van der Waals surface area contributed by atoms with Gasteiger partial charge in [0.1, 0.15) is 0 Å². The van der Waals surface area contributed by atoms with Crippen molar-refractivity contribution in [2.45, 2.75) is 12.8 Å². The van der Waals surface area contributed by atoms with Gasteiger partial charge in [0, 0.05) is 4.47 Å². The van der Waals surface area contributed by atoms with Gasteiger partial charge in [-0.05, 0) is 49.5 Å². The lowest BCUT2D eigenvalue weighted by Gasteiger charge is -2.29. The van der Waals surface area contributed by atoms with Crippen LogP contribution in [-0.4, -0.2) is 24.2 Å². The number of aliphatic carboxylic acids is 1. The van der Waals surface area contributed by atoms with Crippen LogP contribution < -0.4 is 5.32 Å². The van der Waals surface area contributed by atoms with Gasteiger partial charge in [0.15, 0.2) is 0 Å². The van der Waals surface area contributed by atoms with Crippen LogP contribution >= 0.6 is 15.9 Å². The summed E-state index contributed by atoms with van der Waals surface area (Å²) in [6.07, 6.45) is 1.55. The van der Waals surface area contributed by atoms with Crippen molar-refractivity contribution in [1.29, 1.82) is 0 Å². The molecule has 2 unspecified atom stereocenters. The molecule has 1 aromatic carbocycles. The number of carboxylic acid groups (broad SMARTS) is 1. The van der Waals surface area contributed by atoms with Gasteiger partial charge in [-0.15, -0.1) is 0 Å². The van der Waals surface area contributed by atoms with E-state index in [1.54, 1.807) is 0 Å². The van der Waals surface area contributed by atoms with Crippen molar-refractivity contribution >= 4 is 21.9 Å². The Balaban J connectivity index is 2.08. The molecule has 1 heterocycles. The molecule has 1 aromatic rings. The van der Waals surface area contributed by atoms with Crippen molar-refractivity contribution in [2.24, 2.45) is 11.8 Å². The number of nitrogens with one attached hydrogen (secondary N) is 1. The molecule has 17 heavy (non-hydrogen) atoms. The van der Waals surface area contributed by atoms with Gasteiger partial charge in [-0.2, -0.15) is 0 Å². The third-order valence-electron chi connectivity index (χ3n) is 3.31. The van der Waals surface area contributed by atoms with E-state index in [9.17, 15) is 9.90 Å². The first-order valence-corrected chi connectivity index (χ1v) is 6.64. The van der Waals surface area contributed by atoms with Gasteiger partial charge < -0.3 is 10.4 Å². The summed E-state index contributed by atoms with van der Waals surface area (Å²) < 4.78 is 1.05. The molecule has 2 atom stereocenters. The van der Waals surface area contributed by atoms with Crippen LogP contribution in [0.25, 0.3) is 0 Å². The summed E-state index contributed by atoms with van der Waals surface area (Å²) in [7, 11) is 0. The SMILES string of the molecule is O=C(O)C1CCNCC1Cc1cccc(Br)c1. The maximum atomic E-state index is 11.2. The van der Waals surface area contributed by atoms with Crippen molar-refractivity contribution in [2.75, 3.05) is 13.1 Å². The molecule has 3 nitrogen and oxygen atoms in total. The van der Waals surface area contributed by atoms with E-state index in [2.05, 4.69) is 33.4 Å². The fourth-order valence-electron chi connectivity index (χ4n) is 2.43. The molecule has 0 spiro atoms. The maximum Gasteiger partial charge on any atom is 0.306 e. The molecule has 1 aliphatic rings. The highest BCUT2D eigenvalue weighted by Gasteiger charge is 2.30. The lowest BCUT2D eigenvalue weighted by molar-refractivity contribution is -0.144. The Morgan fingerprint density at radius 3 is 3.06 bits per heavy atom. The molecule has 1 saturated heterocycles. The van der Waals surface area contributed by atoms with Crippen molar-refractivity contribution in [3.05, 3.63) is 34.3 Å². The normalized spacial score (nSPS) is 24.5. The van der Waals surface area contributed by atoms with Gasteiger partial charge in [-0.3, -0.25) is 4.79 Å². The minimum absolute atomic E-state index is 0.190. The van der Waals surface area contributed by atoms with Crippen LogP contribution in [0.15, 0.2) is 28.7 Å². The molecule has 2 N–H and O–H groups in total. The highest BCUT2D eigenvalue weighted by Crippen LogP contribution is 2.24. The molecular weight excluding hydrogens is 282 g/mol. The largest absolute Gasteiger partial charge is 0.481 e. The molecule has 4 heteroatoms. The van der Waals surface area contributed by atoms with Crippen molar-refractivity contribution in [3.8, 4) is 0 Å². The van der Waals surface area contributed by atoms with Gasteiger partial charge in [0.25, 0.3) is 0 Å². The Kier molecular flexibility index (Phi) is 4.18. The summed E-state index contributed by atoms with van der Waals surface area (Å²) in [5.41, 5.74) is 1.19. The standard InChI is InChI=1S/C13H16BrNO2/c14-11-3-1-2-9(7-11)6-10-8-15-5-4-12(10)13(16)17/h1-3,7,10,12,15H,4-6,8H2,(H,16,17). The Morgan fingerprint density at radius 1 is 1.53 bits per heavy atom. The van der Waals surface area contributed by atoms with Gasteiger partial charge >= 0.3 is 5.97 Å². The summed E-state index contributed by atoms with van der Waals surface area (Å²) in [5, 5.41) is 12.5. The van der Waals surface area contributed by atoms with E-state index in [4.69, 9.17) is 0 Å². The number of piperidine rings is 1. The molecule has 0 aliphatic carbocycles. The lowest BCUT2D eigenvalue weighted by Crippen LogP contribution is -2.41. The zero-order valence-electron chi connectivity index (χ0n) is 9.53. The topological polar surface area (TPSA) is 49.3 Å². The third-order valence-corrected chi connectivity index (χ3v) is 3.81. The van der Waals surface area contributed by atoms with E-state index in [1.807, 2.05) is 12.1 Å². The Labute approximate surface area is 109 Å². The monoisotopic (exact) mass is 297 g/mol. The molecule has 0 bridgehead atoms. The second-order valence-electron chi connectivity index (χ2n) is 4.53.